The lowest BCUT2D eigenvalue weighted by molar-refractivity contribution is -0.155. The second-order valence-corrected chi connectivity index (χ2v) is 15.2. The summed E-state index contributed by atoms with van der Waals surface area (Å²) >= 11 is 0. The first-order valence-electron chi connectivity index (χ1n) is 17.7. The Morgan fingerprint density at radius 2 is 1.54 bits per heavy atom. The van der Waals surface area contributed by atoms with E-state index in [4.69, 9.17) is 4.74 Å². The lowest BCUT2D eigenvalue weighted by Gasteiger charge is -2.34. The Morgan fingerprint density at radius 3 is 2.17 bits per heavy atom. The van der Waals surface area contributed by atoms with Crippen molar-refractivity contribution in [2.75, 3.05) is 42.1 Å². The van der Waals surface area contributed by atoms with Crippen LogP contribution in [0.15, 0.2) is 103 Å². The summed E-state index contributed by atoms with van der Waals surface area (Å²) in [5.74, 6) is -2.55. The van der Waals surface area contributed by atoms with Crippen molar-refractivity contribution < 1.29 is 42.9 Å². The van der Waals surface area contributed by atoms with Crippen molar-refractivity contribution >= 4 is 39.2 Å². The number of aliphatic hydroxyl groups is 1. The molecule has 4 aromatic rings. The van der Waals surface area contributed by atoms with Gasteiger partial charge in [-0.05, 0) is 78.4 Å². The molecule has 1 aliphatic rings. The number of amides is 1. The Hall–Kier alpha value is -5.44. The van der Waals surface area contributed by atoms with E-state index in [0.29, 0.717) is 24.4 Å². The summed E-state index contributed by atoms with van der Waals surface area (Å²) in [4.78, 5) is 40.6. The monoisotopic (exact) mass is 758 g/mol. The van der Waals surface area contributed by atoms with Gasteiger partial charge in [0.25, 0.3) is 5.91 Å². The molecule has 54 heavy (non-hydrogen) atoms. The fourth-order valence-corrected chi connectivity index (χ4v) is 6.92. The number of aliphatic carboxylic acids is 1. The van der Waals surface area contributed by atoms with Gasteiger partial charge in [-0.2, -0.15) is 0 Å². The highest BCUT2D eigenvalue weighted by Crippen LogP contribution is 2.29. The first-order chi connectivity index (χ1) is 25.8. The number of piperidine rings is 1. The van der Waals surface area contributed by atoms with Gasteiger partial charge < -0.3 is 35.6 Å². The Labute approximate surface area is 315 Å². The maximum Gasteiger partial charge on any atom is 0.329 e. The van der Waals surface area contributed by atoms with E-state index in [1.165, 1.54) is 12.1 Å². The molecule has 6 N–H and O–H groups in total. The lowest BCUT2D eigenvalue weighted by atomic mass is 9.96. The van der Waals surface area contributed by atoms with Crippen molar-refractivity contribution in [3.8, 4) is 5.75 Å². The van der Waals surface area contributed by atoms with Crippen LogP contribution in [0.1, 0.15) is 58.5 Å². The van der Waals surface area contributed by atoms with Crippen LogP contribution >= 0.6 is 0 Å². The van der Waals surface area contributed by atoms with Crippen molar-refractivity contribution in [3.05, 3.63) is 125 Å². The van der Waals surface area contributed by atoms with Gasteiger partial charge in [0, 0.05) is 37.3 Å². The first kappa shape index (κ1) is 39.8. The highest BCUT2D eigenvalue weighted by molar-refractivity contribution is 7.92. The molecule has 1 aliphatic heterocycles. The van der Waals surface area contributed by atoms with E-state index in [1.807, 2.05) is 72.8 Å². The summed E-state index contributed by atoms with van der Waals surface area (Å²) in [7, 11) is -3.60. The van der Waals surface area contributed by atoms with Crippen molar-refractivity contribution in [2.24, 2.45) is 5.92 Å². The van der Waals surface area contributed by atoms with Crippen molar-refractivity contribution in [2.45, 2.75) is 43.9 Å². The molecular weight excluding hydrogens is 713 g/mol. The molecule has 14 heteroatoms. The Bertz CT molecular complexity index is 1970. The number of rotatable bonds is 17. The van der Waals surface area contributed by atoms with Crippen LogP contribution in [-0.4, -0.2) is 80.1 Å². The van der Waals surface area contributed by atoms with E-state index in [-0.39, 0.29) is 23.5 Å². The van der Waals surface area contributed by atoms with E-state index in [0.717, 1.165) is 49.0 Å². The molecule has 0 radical (unpaired) electrons. The van der Waals surface area contributed by atoms with E-state index in [2.05, 4.69) is 20.3 Å². The first-order valence-corrected chi connectivity index (χ1v) is 19.6. The van der Waals surface area contributed by atoms with E-state index in [1.54, 1.807) is 18.2 Å². The quantitative estimate of drug-likeness (QED) is 0.0660. The molecule has 1 heterocycles. The van der Waals surface area contributed by atoms with Gasteiger partial charge in [0.05, 0.1) is 24.5 Å². The van der Waals surface area contributed by atoms with Gasteiger partial charge in [-0.3, -0.25) is 14.3 Å². The Morgan fingerprint density at radius 1 is 0.889 bits per heavy atom. The smallest absolute Gasteiger partial charge is 0.329 e. The lowest BCUT2D eigenvalue weighted by Crippen LogP contribution is -2.43. The molecule has 0 saturated carbocycles. The predicted octanol–water partition coefficient (Wildman–Crippen LogP) is 4.40. The Kier molecular flexibility index (Phi) is 13.7. The number of carboxylic acid groups (broad SMARTS) is 1. The second kappa shape index (κ2) is 18.5. The molecule has 4 aromatic carbocycles. The highest BCUT2D eigenvalue weighted by atomic mass is 32.2. The van der Waals surface area contributed by atoms with Crippen molar-refractivity contribution in [3.63, 3.8) is 0 Å². The second-order valence-electron chi connectivity index (χ2n) is 13.5. The summed E-state index contributed by atoms with van der Waals surface area (Å²) in [5.41, 5.74) is 3.35. The summed E-state index contributed by atoms with van der Waals surface area (Å²) in [6.07, 6.45) is 0.900. The van der Waals surface area contributed by atoms with E-state index >= 15 is 0 Å². The highest BCUT2D eigenvalue weighted by Gasteiger charge is 2.29. The number of ether oxygens (including phenoxy) is 1. The minimum atomic E-state index is -3.60. The molecule has 1 saturated heterocycles. The number of nitrogens with one attached hydrogen (secondary N) is 3. The number of nitrogens with zero attached hydrogens (tertiary/aromatic N) is 1. The number of carbonyl (C=O) groups excluding carboxylic acids is 2. The zero-order valence-corrected chi connectivity index (χ0v) is 30.7. The molecule has 1 fully saturated rings. The normalized spacial score (nSPS) is 15.1. The number of aromatic hydroxyl groups is 1. The third-order valence-corrected chi connectivity index (χ3v) is 9.83. The van der Waals surface area contributed by atoms with Crippen LogP contribution in [0.4, 0.5) is 11.4 Å². The van der Waals surface area contributed by atoms with Gasteiger partial charge in [0.1, 0.15) is 17.9 Å². The van der Waals surface area contributed by atoms with Gasteiger partial charge in [-0.1, -0.05) is 66.7 Å². The minimum absolute atomic E-state index is 0.00421. The van der Waals surface area contributed by atoms with Crippen LogP contribution < -0.4 is 20.3 Å². The van der Waals surface area contributed by atoms with Gasteiger partial charge in [-0.15, -0.1) is 0 Å². The number of carbonyl (C=O) groups is 3. The fourth-order valence-electron chi connectivity index (χ4n) is 6.36. The fraction of sp³-hybridized carbons (Fsp3) is 0.325. The van der Waals surface area contributed by atoms with Gasteiger partial charge >= 0.3 is 11.9 Å². The SMILES string of the molecule is CS(=O)(=O)Nc1cc([C@@H](O)CNCC2CCN(c3ccc(C(=O)N[C@H](CC(=O)O)C(=O)OC(Cc4ccccc4)c4ccccc4)cc3)CC2)ccc1O. The molecule has 286 valence electrons. The Balaban J connectivity index is 1.11. The zero-order valence-electron chi connectivity index (χ0n) is 29.9. The van der Waals surface area contributed by atoms with Crippen LogP contribution in [0.3, 0.4) is 0 Å². The van der Waals surface area contributed by atoms with Gasteiger partial charge in [0.2, 0.25) is 10.0 Å². The molecule has 0 aromatic heterocycles. The summed E-state index contributed by atoms with van der Waals surface area (Å²) in [5, 5.41) is 36.0. The van der Waals surface area contributed by atoms with Gasteiger partial charge in [0.15, 0.2) is 0 Å². The average molecular weight is 759 g/mol. The molecule has 3 atom stereocenters. The number of carboxylic acids is 1. The standard InChI is InChI=1S/C40H46N4O9S/c1-54(51,52)43-33-23-31(14-17-35(33)45)36(46)26-41-25-28-18-20-44(21-19-28)32-15-12-30(13-16-32)39(49)42-34(24-38(47)48)40(50)53-37(29-10-6-3-7-11-29)22-27-8-4-2-5-9-27/h2-17,23,28,34,36-37,41,43,45-46H,18-22,24-26H2,1H3,(H,42,49)(H,47,48)/t34-,36+,37?/m1/s1. The van der Waals surface area contributed by atoms with Crippen molar-refractivity contribution in [1.82, 2.24) is 10.6 Å². The molecular formula is C40H46N4O9S. The molecule has 0 bridgehead atoms. The number of sulfonamides is 1. The maximum atomic E-state index is 13.4. The van der Waals surface area contributed by atoms with Crippen LogP contribution in [0, 0.1) is 5.92 Å². The summed E-state index contributed by atoms with van der Waals surface area (Å²) < 4.78 is 31.3. The van der Waals surface area contributed by atoms with E-state index < -0.39 is 52.5 Å². The number of phenols is 1. The molecule has 13 nitrogen and oxygen atoms in total. The zero-order chi connectivity index (χ0) is 38.7. The third kappa shape index (κ3) is 11.8. The molecule has 0 spiro atoms. The number of anilines is 2. The molecule has 0 aliphatic carbocycles. The average Bonchev–Trinajstić information content (AvgIpc) is 3.15. The molecule has 1 amide bonds. The molecule has 1 unspecified atom stereocenters. The summed E-state index contributed by atoms with van der Waals surface area (Å²) in [6, 6.07) is 28.5. The number of benzene rings is 4. The summed E-state index contributed by atoms with van der Waals surface area (Å²) in [6.45, 7) is 2.47. The van der Waals surface area contributed by atoms with Crippen LogP contribution in [0.2, 0.25) is 0 Å². The van der Waals surface area contributed by atoms with Crippen LogP contribution in [0.5, 0.6) is 5.75 Å². The maximum absolute atomic E-state index is 13.4. The topological polar surface area (TPSA) is 195 Å². The van der Waals surface area contributed by atoms with E-state index in [9.17, 15) is 38.1 Å². The van der Waals surface area contributed by atoms with Crippen LogP contribution in [-0.2, 0) is 30.8 Å². The number of esters is 1. The largest absolute Gasteiger partial charge is 0.506 e. The van der Waals surface area contributed by atoms with Crippen molar-refractivity contribution in [1.29, 1.82) is 0 Å². The van der Waals surface area contributed by atoms with Crippen LogP contribution in [0.25, 0.3) is 0 Å². The predicted molar refractivity (Wildman–Crippen MR) is 205 cm³/mol. The number of phenolic OH excluding ortho intramolecular Hbond substituents is 1. The third-order valence-electron chi connectivity index (χ3n) is 9.24. The minimum Gasteiger partial charge on any atom is -0.506 e. The molecule has 5 rings (SSSR count). The van der Waals surface area contributed by atoms with Gasteiger partial charge in [-0.25, -0.2) is 13.2 Å². The number of hydrogen-bond acceptors (Lipinski definition) is 10. The number of hydrogen-bond donors (Lipinski definition) is 6. The number of aliphatic hydroxyl groups excluding tert-OH is 1.